The number of rotatable bonds is 7. The van der Waals surface area contributed by atoms with Gasteiger partial charge in [-0.15, -0.1) is 0 Å². The number of aromatic nitrogens is 2. The van der Waals surface area contributed by atoms with Gasteiger partial charge in [0.25, 0.3) is 11.5 Å². The van der Waals surface area contributed by atoms with Gasteiger partial charge < -0.3 is 10.1 Å². The van der Waals surface area contributed by atoms with E-state index in [0.29, 0.717) is 22.9 Å². The van der Waals surface area contributed by atoms with E-state index in [0.717, 1.165) is 16.8 Å². The maximum atomic E-state index is 13.0. The minimum Gasteiger partial charge on any atom is -0.483 e. The van der Waals surface area contributed by atoms with Crippen LogP contribution in [0.25, 0.3) is 5.69 Å². The Morgan fingerprint density at radius 2 is 1.67 bits per heavy atom. The van der Waals surface area contributed by atoms with Crippen LogP contribution < -0.4 is 15.6 Å². The molecule has 0 fully saturated rings. The number of carbonyl (C=O) groups is 1. The van der Waals surface area contributed by atoms with Crippen LogP contribution in [0.2, 0.25) is 5.02 Å². The minimum atomic E-state index is -0.415. The van der Waals surface area contributed by atoms with Crippen LogP contribution in [0.3, 0.4) is 0 Å². The van der Waals surface area contributed by atoms with Gasteiger partial charge in [0.05, 0.1) is 11.4 Å². The van der Waals surface area contributed by atoms with Crippen LogP contribution in [-0.4, -0.2) is 21.9 Å². The summed E-state index contributed by atoms with van der Waals surface area (Å²) in [6.45, 7) is 1.55. The van der Waals surface area contributed by atoms with Gasteiger partial charge >= 0.3 is 0 Å². The summed E-state index contributed by atoms with van der Waals surface area (Å²) in [7, 11) is 1.78. The summed E-state index contributed by atoms with van der Waals surface area (Å²) in [5.74, 6) is 0.159. The molecule has 1 heterocycles. The molecule has 1 N–H and O–H groups in total. The Kier molecular flexibility index (Phi) is 6.66. The predicted octanol–water partition coefficient (Wildman–Crippen LogP) is 4.75. The van der Waals surface area contributed by atoms with Crippen molar-refractivity contribution in [3.63, 3.8) is 0 Å². The maximum Gasteiger partial charge on any atom is 0.295 e. The van der Waals surface area contributed by atoms with E-state index in [9.17, 15) is 9.59 Å². The van der Waals surface area contributed by atoms with E-state index < -0.39 is 5.91 Å². The zero-order chi connectivity index (χ0) is 23.4. The van der Waals surface area contributed by atoms with Crippen LogP contribution in [0.5, 0.6) is 5.75 Å². The van der Waals surface area contributed by atoms with Gasteiger partial charge in [0.1, 0.15) is 11.4 Å². The first-order chi connectivity index (χ1) is 15.9. The SMILES string of the molecule is Cc1c(NC(=O)COc2ccc(Cl)cc2Cc2ccccc2)c(=O)n(-c2ccccc2)n1C. The summed E-state index contributed by atoms with van der Waals surface area (Å²) in [6.07, 6.45) is 0.623. The summed E-state index contributed by atoms with van der Waals surface area (Å²) < 4.78 is 9.04. The fourth-order valence-electron chi connectivity index (χ4n) is 3.67. The summed E-state index contributed by atoms with van der Waals surface area (Å²) in [5, 5.41) is 3.31. The van der Waals surface area contributed by atoms with Gasteiger partial charge in [-0.2, -0.15) is 0 Å². The van der Waals surface area contributed by atoms with Gasteiger partial charge in [0.15, 0.2) is 6.61 Å². The van der Waals surface area contributed by atoms with E-state index >= 15 is 0 Å². The highest BCUT2D eigenvalue weighted by Gasteiger charge is 2.18. The first-order valence-corrected chi connectivity index (χ1v) is 10.9. The second-order valence-corrected chi connectivity index (χ2v) is 8.12. The van der Waals surface area contributed by atoms with Crippen molar-refractivity contribution in [1.29, 1.82) is 0 Å². The number of para-hydroxylation sites is 1. The lowest BCUT2D eigenvalue weighted by Crippen LogP contribution is -2.25. The molecule has 1 aromatic heterocycles. The molecule has 168 valence electrons. The lowest BCUT2D eigenvalue weighted by atomic mass is 10.0. The monoisotopic (exact) mass is 461 g/mol. The highest BCUT2D eigenvalue weighted by Crippen LogP contribution is 2.25. The molecule has 0 aliphatic rings. The number of nitrogens with one attached hydrogen (secondary N) is 1. The Bertz CT molecular complexity index is 1330. The molecule has 0 saturated heterocycles. The van der Waals surface area contributed by atoms with Crippen molar-refractivity contribution in [2.75, 3.05) is 11.9 Å². The fraction of sp³-hybridized carbons (Fsp3) is 0.154. The van der Waals surface area contributed by atoms with Crippen LogP contribution >= 0.6 is 11.6 Å². The number of amides is 1. The van der Waals surface area contributed by atoms with Crippen LogP contribution in [0, 0.1) is 6.92 Å². The molecule has 3 aromatic carbocycles. The number of nitrogens with zero attached hydrogens (tertiary/aromatic N) is 2. The lowest BCUT2D eigenvalue weighted by molar-refractivity contribution is -0.118. The van der Waals surface area contributed by atoms with E-state index in [1.54, 1.807) is 30.8 Å². The molecule has 7 heteroatoms. The van der Waals surface area contributed by atoms with E-state index in [1.807, 2.05) is 66.7 Å². The quantitative estimate of drug-likeness (QED) is 0.432. The molecule has 1 amide bonds. The van der Waals surface area contributed by atoms with Crippen molar-refractivity contribution in [1.82, 2.24) is 9.36 Å². The average Bonchev–Trinajstić information content (AvgIpc) is 3.03. The van der Waals surface area contributed by atoms with E-state index in [2.05, 4.69) is 5.32 Å². The third kappa shape index (κ3) is 5.02. The molecule has 0 spiro atoms. The second kappa shape index (κ2) is 9.79. The molecular formula is C26H24ClN3O3. The van der Waals surface area contributed by atoms with Gasteiger partial charge in [0.2, 0.25) is 0 Å². The number of hydrogen-bond donors (Lipinski definition) is 1. The van der Waals surface area contributed by atoms with Gasteiger partial charge in [-0.05, 0) is 48.4 Å². The van der Waals surface area contributed by atoms with Crippen molar-refractivity contribution >= 4 is 23.2 Å². The van der Waals surface area contributed by atoms with Crippen LogP contribution in [-0.2, 0) is 18.3 Å². The van der Waals surface area contributed by atoms with E-state index in [1.165, 1.54) is 4.68 Å². The Balaban J connectivity index is 1.50. The Labute approximate surface area is 197 Å². The van der Waals surface area contributed by atoms with Crippen molar-refractivity contribution in [2.24, 2.45) is 7.05 Å². The number of hydrogen-bond acceptors (Lipinski definition) is 3. The number of carbonyl (C=O) groups excluding carboxylic acids is 1. The highest BCUT2D eigenvalue weighted by molar-refractivity contribution is 6.30. The largest absolute Gasteiger partial charge is 0.483 e. The highest BCUT2D eigenvalue weighted by atomic mass is 35.5. The van der Waals surface area contributed by atoms with Crippen LogP contribution in [0.4, 0.5) is 5.69 Å². The molecule has 0 bridgehead atoms. The Morgan fingerprint density at radius 1 is 1.00 bits per heavy atom. The zero-order valence-electron chi connectivity index (χ0n) is 18.4. The lowest BCUT2D eigenvalue weighted by Gasteiger charge is -2.12. The third-order valence-corrected chi connectivity index (χ3v) is 5.67. The zero-order valence-corrected chi connectivity index (χ0v) is 19.2. The van der Waals surface area contributed by atoms with Gasteiger partial charge in [0, 0.05) is 18.5 Å². The number of ether oxygens (including phenoxy) is 1. The van der Waals surface area contributed by atoms with Crippen molar-refractivity contribution in [2.45, 2.75) is 13.3 Å². The van der Waals surface area contributed by atoms with Crippen molar-refractivity contribution in [3.8, 4) is 11.4 Å². The average molecular weight is 462 g/mol. The topological polar surface area (TPSA) is 65.3 Å². The second-order valence-electron chi connectivity index (χ2n) is 7.69. The molecule has 4 aromatic rings. The summed E-state index contributed by atoms with van der Waals surface area (Å²) >= 11 is 6.18. The van der Waals surface area contributed by atoms with Gasteiger partial charge in [-0.1, -0.05) is 60.1 Å². The standard InChI is InChI=1S/C26H24ClN3O3/c1-18-25(26(32)30(29(18)2)22-11-7-4-8-12-22)28-24(31)17-33-23-14-13-21(27)16-20(23)15-19-9-5-3-6-10-19/h3-14,16H,15,17H2,1-2H3,(H,28,31). The molecule has 0 radical (unpaired) electrons. The molecule has 0 aliphatic carbocycles. The number of anilines is 1. The van der Waals surface area contributed by atoms with E-state index in [-0.39, 0.29) is 17.9 Å². The fourth-order valence-corrected chi connectivity index (χ4v) is 3.87. The van der Waals surface area contributed by atoms with Gasteiger partial charge in [-0.3, -0.25) is 14.3 Å². The molecule has 0 unspecified atom stereocenters. The Hall–Kier alpha value is -3.77. The summed E-state index contributed by atoms with van der Waals surface area (Å²) in [4.78, 5) is 25.7. The molecule has 33 heavy (non-hydrogen) atoms. The molecule has 0 atom stereocenters. The molecule has 0 aliphatic heterocycles. The van der Waals surface area contributed by atoms with Crippen LogP contribution in [0.1, 0.15) is 16.8 Å². The minimum absolute atomic E-state index is 0.232. The number of halogens is 1. The first-order valence-electron chi connectivity index (χ1n) is 10.5. The summed E-state index contributed by atoms with van der Waals surface area (Å²) in [6, 6.07) is 24.5. The molecule has 6 nitrogen and oxygen atoms in total. The molecular weight excluding hydrogens is 438 g/mol. The smallest absolute Gasteiger partial charge is 0.295 e. The molecule has 4 rings (SSSR count). The van der Waals surface area contributed by atoms with Crippen molar-refractivity contribution in [3.05, 3.63) is 111 Å². The molecule has 0 saturated carbocycles. The van der Waals surface area contributed by atoms with Gasteiger partial charge in [-0.25, -0.2) is 4.68 Å². The van der Waals surface area contributed by atoms with E-state index in [4.69, 9.17) is 16.3 Å². The summed E-state index contributed by atoms with van der Waals surface area (Å²) in [5.41, 5.74) is 3.28. The maximum absolute atomic E-state index is 13.0. The Morgan fingerprint density at radius 3 is 2.36 bits per heavy atom. The van der Waals surface area contributed by atoms with Crippen molar-refractivity contribution < 1.29 is 9.53 Å². The number of benzene rings is 3. The predicted molar refractivity (Wildman–Crippen MR) is 131 cm³/mol. The normalized spacial score (nSPS) is 10.8. The third-order valence-electron chi connectivity index (χ3n) is 5.44. The first kappa shape index (κ1) is 22.4. The van der Waals surface area contributed by atoms with Crippen LogP contribution in [0.15, 0.2) is 83.7 Å².